The van der Waals surface area contributed by atoms with Crippen molar-refractivity contribution in [1.82, 2.24) is 24.8 Å². The van der Waals surface area contributed by atoms with E-state index in [9.17, 15) is 0 Å². The van der Waals surface area contributed by atoms with Crippen molar-refractivity contribution in [2.45, 2.75) is 38.9 Å². The molecule has 0 unspecified atom stereocenters. The van der Waals surface area contributed by atoms with Crippen molar-refractivity contribution in [3.63, 3.8) is 0 Å². The van der Waals surface area contributed by atoms with Gasteiger partial charge in [0, 0.05) is 56.2 Å². The number of H-pyrrole nitrogens is 2. The van der Waals surface area contributed by atoms with E-state index in [4.69, 9.17) is 0 Å². The molecule has 2 N–H and O–H groups in total. The van der Waals surface area contributed by atoms with Crippen LogP contribution in [-0.4, -0.2) is 50.4 Å². The Morgan fingerprint density at radius 2 is 2.04 bits per heavy atom. The van der Waals surface area contributed by atoms with Gasteiger partial charge in [-0.15, -0.1) is 0 Å². The van der Waals surface area contributed by atoms with E-state index < -0.39 is 0 Å². The molecule has 5 nitrogen and oxygen atoms in total. The fourth-order valence-corrected chi connectivity index (χ4v) is 4.79. The summed E-state index contributed by atoms with van der Waals surface area (Å²) in [5.74, 6) is 0.781. The molecule has 0 radical (unpaired) electrons. The highest BCUT2D eigenvalue weighted by Gasteiger charge is 2.34. The summed E-state index contributed by atoms with van der Waals surface area (Å²) in [6.07, 6.45) is 6.54. The van der Waals surface area contributed by atoms with Gasteiger partial charge in [-0.05, 0) is 54.8 Å². The first kappa shape index (κ1) is 16.1. The van der Waals surface area contributed by atoms with Crippen molar-refractivity contribution in [2.24, 2.45) is 5.92 Å². The smallest absolute Gasteiger partial charge is 0.0925 e. The highest BCUT2D eigenvalue weighted by molar-refractivity contribution is 5.79. The van der Waals surface area contributed by atoms with Crippen LogP contribution < -0.4 is 0 Å². The summed E-state index contributed by atoms with van der Waals surface area (Å²) in [5, 5.41) is 1.32. The fourth-order valence-electron chi connectivity index (χ4n) is 4.79. The van der Waals surface area contributed by atoms with E-state index in [1.807, 2.05) is 12.5 Å². The van der Waals surface area contributed by atoms with Gasteiger partial charge >= 0.3 is 0 Å². The van der Waals surface area contributed by atoms with Gasteiger partial charge in [0.25, 0.3) is 0 Å². The zero-order valence-electron chi connectivity index (χ0n) is 15.4. The van der Waals surface area contributed by atoms with Gasteiger partial charge in [-0.1, -0.05) is 6.07 Å². The predicted molar refractivity (Wildman–Crippen MR) is 104 cm³/mol. The highest BCUT2D eigenvalue weighted by atomic mass is 15.3. The molecule has 2 aromatic heterocycles. The molecule has 2 bridgehead atoms. The minimum Gasteiger partial charge on any atom is -0.361 e. The number of imidazole rings is 1. The average molecular weight is 349 g/mol. The van der Waals surface area contributed by atoms with E-state index in [-0.39, 0.29) is 0 Å². The van der Waals surface area contributed by atoms with Crippen molar-refractivity contribution in [1.29, 1.82) is 0 Å². The number of hydrogen-bond acceptors (Lipinski definition) is 3. The van der Waals surface area contributed by atoms with Crippen LogP contribution in [0.25, 0.3) is 10.9 Å². The molecule has 5 heteroatoms. The number of rotatable bonds is 4. The van der Waals surface area contributed by atoms with Crippen LogP contribution in [0.4, 0.5) is 0 Å². The van der Waals surface area contributed by atoms with Crippen LogP contribution >= 0.6 is 0 Å². The molecule has 0 spiro atoms. The SMILES string of the molecule is Cc1[nH]cnc1CN1C[C@@H]2CC[C@H](C1)N(Cc1ccc3[nH]ccc3c1)C2. The quantitative estimate of drug-likeness (QED) is 0.760. The van der Waals surface area contributed by atoms with E-state index in [0.29, 0.717) is 6.04 Å². The first-order valence-corrected chi connectivity index (χ1v) is 9.76. The van der Waals surface area contributed by atoms with Crippen LogP contribution in [0.5, 0.6) is 0 Å². The van der Waals surface area contributed by atoms with Crippen LogP contribution in [0.3, 0.4) is 0 Å². The maximum Gasteiger partial charge on any atom is 0.0925 e. The molecular formula is C21H27N5. The minimum atomic E-state index is 0.662. The number of aryl methyl sites for hydroxylation is 1. The Bertz CT molecular complexity index is 895. The van der Waals surface area contributed by atoms with E-state index in [0.717, 1.165) is 25.6 Å². The Morgan fingerprint density at radius 1 is 1.08 bits per heavy atom. The summed E-state index contributed by atoms with van der Waals surface area (Å²) in [6, 6.07) is 9.67. The molecule has 6 rings (SSSR count). The van der Waals surface area contributed by atoms with Crippen LogP contribution in [-0.2, 0) is 13.1 Å². The molecule has 0 amide bonds. The second-order valence-electron chi connectivity index (χ2n) is 8.09. The fraction of sp³-hybridized carbons (Fsp3) is 0.476. The summed E-state index contributed by atoms with van der Waals surface area (Å²) in [7, 11) is 0. The van der Waals surface area contributed by atoms with E-state index in [1.165, 1.54) is 53.8 Å². The number of aromatic amines is 2. The Morgan fingerprint density at radius 3 is 2.92 bits per heavy atom. The lowest BCUT2D eigenvalue weighted by Gasteiger charge is -2.36. The van der Waals surface area contributed by atoms with E-state index >= 15 is 0 Å². The highest BCUT2D eigenvalue weighted by Crippen LogP contribution is 2.30. The molecule has 5 heterocycles. The number of aromatic nitrogens is 3. The maximum atomic E-state index is 4.51. The third-order valence-corrected chi connectivity index (χ3v) is 6.21. The summed E-state index contributed by atoms with van der Waals surface area (Å²) in [6.45, 7) is 7.76. The van der Waals surface area contributed by atoms with E-state index in [2.05, 4.69) is 55.9 Å². The molecule has 0 aliphatic carbocycles. The molecule has 26 heavy (non-hydrogen) atoms. The van der Waals surface area contributed by atoms with Gasteiger partial charge in [0.15, 0.2) is 0 Å². The Balaban J connectivity index is 1.31. The van der Waals surface area contributed by atoms with Gasteiger partial charge in [-0.2, -0.15) is 0 Å². The molecule has 3 aromatic rings. The first-order chi connectivity index (χ1) is 12.7. The van der Waals surface area contributed by atoms with Gasteiger partial charge in [-0.3, -0.25) is 9.80 Å². The third-order valence-electron chi connectivity index (χ3n) is 6.21. The van der Waals surface area contributed by atoms with Gasteiger partial charge in [0.1, 0.15) is 0 Å². The van der Waals surface area contributed by atoms with Crippen molar-refractivity contribution in [3.8, 4) is 0 Å². The first-order valence-electron chi connectivity index (χ1n) is 9.76. The normalized spacial score (nSPS) is 24.3. The molecule has 1 aromatic carbocycles. The molecular weight excluding hydrogens is 322 g/mol. The topological polar surface area (TPSA) is 51.0 Å². The molecule has 2 atom stereocenters. The molecule has 136 valence electrons. The minimum absolute atomic E-state index is 0.662. The Labute approximate surface area is 154 Å². The zero-order valence-corrected chi connectivity index (χ0v) is 15.4. The second-order valence-corrected chi connectivity index (χ2v) is 8.09. The average Bonchev–Trinajstić information content (AvgIpc) is 3.16. The van der Waals surface area contributed by atoms with Crippen LogP contribution in [0, 0.1) is 12.8 Å². The summed E-state index contributed by atoms with van der Waals surface area (Å²) in [4.78, 5) is 16.4. The van der Waals surface area contributed by atoms with Crippen LogP contribution in [0.15, 0.2) is 36.8 Å². The van der Waals surface area contributed by atoms with Gasteiger partial charge in [0.05, 0.1) is 12.0 Å². The van der Waals surface area contributed by atoms with Crippen molar-refractivity contribution < 1.29 is 0 Å². The largest absolute Gasteiger partial charge is 0.361 e. The zero-order chi connectivity index (χ0) is 17.5. The summed E-state index contributed by atoms with van der Waals surface area (Å²) >= 11 is 0. The number of fused-ring (bicyclic) bond motifs is 5. The third kappa shape index (κ3) is 3.06. The Hall–Kier alpha value is -2.11. The maximum absolute atomic E-state index is 4.51. The Kier molecular flexibility index (Phi) is 4.06. The predicted octanol–water partition coefficient (Wildman–Crippen LogP) is 3.30. The lowest BCUT2D eigenvalue weighted by atomic mass is 9.94. The second kappa shape index (κ2) is 6.56. The lowest BCUT2D eigenvalue weighted by molar-refractivity contribution is 0.123. The molecule has 3 aliphatic rings. The summed E-state index contributed by atoms with van der Waals surface area (Å²) in [5.41, 5.74) is 5.07. The van der Waals surface area contributed by atoms with Crippen molar-refractivity contribution >= 4 is 10.9 Å². The number of nitrogens with zero attached hydrogens (tertiary/aromatic N) is 3. The van der Waals surface area contributed by atoms with Crippen LogP contribution in [0.2, 0.25) is 0 Å². The van der Waals surface area contributed by atoms with Crippen molar-refractivity contribution in [3.05, 3.63) is 53.7 Å². The van der Waals surface area contributed by atoms with Gasteiger partial charge in [0.2, 0.25) is 0 Å². The van der Waals surface area contributed by atoms with Gasteiger partial charge in [-0.25, -0.2) is 4.98 Å². The van der Waals surface area contributed by atoms with E-state index in [1.54, 1.807) is 0 Å². The van der Waals surface area contributed by atoms with Crippen molar-refractivity contribution in [2.75, 3.05) is 19.6 Å². The number of hydrogen-bond donors (Lipinski definition) is 2. The lowest BCUT2D eigenvalue weighted by Crippen LogP contribution is -2.43. The standard InChI is InChI=1S/C21H27N5/c1-15-21(24-14-23-15)13-25-9-17-2-4-19(12-25)26(11-17)10-16-3-5-20-18(8-16)6-7-22-20/h3,5-8,14,17,19,22H,2,4,9-13H2,1H3,(H,23,24)/t17-,19+/m0/s1. The number of benzene rings is 1. The number of nitrogens with one attached hydrogen (secondary N) is 2. The molecule has 0 saturated carbocycles. The summed E-state index contributed by atoms with van der Waals surface area (Å²) < 4.78 is 0. The molecule has 3 aliphatic heterocycles. The van der Waals surface area contributed by atoms with Gasteiger partial charge < -0.3 is 9.97 Å². The number of piperidine rings is 1. The molecule has 3 fully saturated rings. The van der Waals surface area contributed by atoms with Crippen LogP contribution in [0.1, 0.15) is 29.8 Å². The monoisotopic (exact) mass is 349 g/mol. The molecule has 3 saturated heterocycles.